The Kier molecular flexibility index (Phi) is 7.68. The zero-order valence-corrected chi connectivity index (χ0v) is 24.7. The topological polar surface area (TPSA) is 117 Å². The zero-order chi connectivity index (χ0) is 29.4. The molecule has 1 aromatic carbocycles. The van der Waals surface area contributed by atoms with Crippen LogP contribution in [0.3, 0.4) is 0 Å². The number of aryl methyl sites for hydroxylation is 2. The molecule has 3 aromatic rings. The van der Waals surface area contributed by atoms with E-state index < -0.39 is 0 Å². The van der Waals surface area contributed by atoms with Crippen LogP contribution < -0.4 is 20.3 Å². The van der Waals surface area contributed by atoms with Gasteiger partial charge in [-0.25, -0.2) is 4.68 Å². The van der Waals surface area contributed by atoms with Gasteiger partial charge in [-0.1, -0.05) is 0 Å². The Labute approximate surface area is 246 Å². The van der Waals surface area contributed by atoms with Crippen LogP contribution in [0.5, 0.6) is 5.88 Å². The summed E-state index contributed by atoms with van der Waals surface area (Å²) >= 11 is 0. The summed E-state index contributed by atoms with van der Waals surface area (Å²) in [5.74, 6) is 1.82. The van der Waals surface area contributed by atoms with E-state index in [-0.39, 0.29) is 11.8 Å². The Morgan fingerprint density at radius 1 is 1.17 bits per heavy atom. The monoisotopic (exact) mass is 570 g/mol. The van der Waals surface area contributed by atoms with Crippen LogP contribution in [0.25, 0.3) is 11.3 Å². The van der Waals surface area contributed by atoms with Crippen LogP contribution in [-0.4, -0.2) is 71.2 Å². The van der Waals surface area contributed by atoms with Crippen molar-refractivity contribution in [1.29, 1.82) is 0 Å². The molecule has 0 saturated heterocycles. The zero-order valence-electron chi connectivity index (χ0n) is 24.7. The Morgan fingerprint density at radius 2 is 2.00 bits per heavy atom. The van der Waals surface area contributed by atoms with E-state index in [1.165, 1.54) is 12.8 Å². The summed E-state index contributed by atoms with van der Waals surface area (Å²) in [5.41, 5.74) is 5.00. The molecule has 1 fully saturated rings. The van der Waals surface area contributed by atoms with Gasteiger partial charge < -0.3 is 25.2 Å². The average molecular weight is 571 g/mol. The summed E-state index contributed by atoms with van der Waals surface area (Å²) in [5, 5.41) is 10.8. The molecule has 42 heavy (non-hydrogen) atoms. The highest BCUT2D eigenvalue weighted by atomic mass is 16.5. The molecule has 2 aliphatic heterocycles. The van der Waals surface area contributed by atoms with Crippen LogP contribution in [-0.2, 0) is 11.8 Å². The van der Waals surface area contributed by atoms with Gasteiger partial charge in [0.1, 0.15) is 0 Å². The van der Waals surface area contributed by atoms with E-state index in [9.17, 15) is 9.59 Å². The first kappa shape index (κ1) is 27.9. The maximum Gasteiger partial charge on any atom is 0.280 e. The third-order valence-corrected chi connectivity index (χ3v) is 8.09. The first-order valence-electron chi connectivity index (χ1n) is 14.6. The Bertz CT molecular complexity index is 1540. The number of nitrogens with zero attached hydrogens (tertiary/aromatic N) is 6. The minimum atomic E-state index is -0.358. The van der Waals surface area contributed by atoms with Gasteiger partial charge in [-0.3, -0.25) is 14.6 Å². The van der Waals surface area contributed by atoms with Gasteiger partial charge in [-0.2, -0.15) is 10.1 Å². The van der Waals surface area contributed by atoms with Gasteiger partial charge in [0.2, 0.25) is 17.7 Å². The lowest BCUT2D eigenvalue weighted by atomic mass is 9.97. The molecule has 1 saturated carbocycles. The summed E-state index contributed by atoms with van der Waals surface area (Å²) in [6.07, 6.45) is 6.46. The first-order valence-corrected chi connectivity index (χ1v) is 14.6. The van der Waals surface area contributed by atoms with Crippen molar-refractivity contribution in [3.8, 4) is 17.1 Å². The second kappa shape index (κ2) is 11.6. The van der Waals surface area contributed by atoms with Gasteiger partial charge in [0, 0.05) is 43.5 Å². The van der Waals surface area contributed by atoms with Gasteiger partial charge >= 0.3 is 0 Å². The smallest absolute Gasteiger partial charge is 0.280 e. The molecule has 1 atom stereocenters. The second-order valence-corrected chi connectivity index (χ2v) is 11.8. The number of ether oxygens (including phenoxy) is 1. The maximum absolute atomic E-state index is 13.7. The fourth-order valence-corrected chi connectivity index (χ4v) is 5.73. The SMILES string of the molecule is Cc1cc2cc(n1)-c1cnn(C)c1OCCCC(C1CC1)CN1/C(=N/C2=O)Nc2cc(NC(=O)CCN(C)C)ccc21. The Hall–Kier alpha value is -4.25. The van der Waals surface area contributed by atoms with E-state index in [2.05, 4.69) is 30.6 Å². The van der Waals surface area contributed by atoms with Crippen molar-refractivity contribution in [1.82, 2.24) is 19.7 Å². The Morgan fingerprint density at radius 3 is 2.79 bits per heavy atom. The number of guanidine groups is 1. The molecule has 2 amide bonds. The van der Waals surface area contributed by atoms with Gasteiger partial charge in [-0.05, 0) is 88.9 Å². The lowest BCUT2D eigenvalue weighted by molar-refractivity contribution is -0.116. The molecule has 2 aromatic heterocycles. The fourth-order valence-electron chi connectivity index (χ4n) is 5.73. The number of aromatic nitrogens is 3. The van der Waals surface area contributed by atoms with E-state index >= 15 is 0 Å². The number of nitrogens with one attached hydrogen (secondary N) is 2. The van der Waals surface area contributed by atoms with E-state index in [4.69, 9.17) is 4.74 Å². The molecule has 4 heterocycles. The molecule has 2 bridgehead atoms. The van der Waals surface area contributed by atoms with Crippen LogP contribution in [0.15, 0.2) is 41.5 Å². The van der Waals surface area contributed by atoms with Crippen molar-refractivity contribution < 1.29 is 14.3 Å². The highest BCUT2D eigenvalue weighted by Gasteiger charge is 2.36. The third kappa shape index (κ3) is 6.01. The number of fused-ring (bicyclic) bond motifs is 7. The number of pyridine rings is 1. The van der Waals surface area contributed by atoms with Gasteiger partial charge in [0.25, 0.3) is 5.91 Å². The van der Waals surface area contributed by atoms with Crippen LogP contribution >= 0.6 is 0 Å². The summed E-state index contributed by atoms with van der Waals surface area (Å²) in [6, 6.07) is 9.34. The number of carbonyl (C=O) groups excluding carboxylic acids is 2. The molecule has 11 nitrogen and oxygen atoms in total. The molecule has 0 radical (unpaired) electrons. The number of anilines is 3. The molecule has 1 aliphatic carbocycles. The molecule has 220 valence electrons. The number of amides is 2. The number of carbonyl (C=O) groups is 2. The normalized spacial score (nSPS) is 19.8. The van der Waals surface area contributed by atoms with Crippen molar-refractivity contribution in [3.05, 3.63) is 47.8 Å². The third-order valence-electron chi connectivity index (χ3n) is 8.09. The molecular formula is C31H38N8O3. The standard InChI is InChI=1S/C31H38N8O3/c1-19-14-22-15-25(33-19)24-17-32-38(4)30(24)42-13-5-6-21(20-7-8-20)18-39-27-10-9-23(34-28(40)11-12-37(2)3)16-26(27)35-31(39)36-29(22)41/h9-10,14-17,20-21H,5-8,11-13,18H2,1-4H3,(H,34,40)(H,35,36,41). The van der Waals surface area contributed by atoms with Crippen LogP contribution in [0.1, 0.15) is 48.2 Å². The lowest BCUT2D eigenvalue weighted by Gasteiger charge is -2.25. The molecular weight excluding hydrogens is 532 g/mol. The predicted octanol–water partition coefficient (Wildman–Crippen LogP) is 4.31. The van der Waals surface area contributed by atoms with Crippen molar-refractivity contribution in [2.45, 2.75) is 39.0 Å². The Balaban J connectivity index is 1.35. The number of aliphatic imine (C=N–C) groups is 1. The first-order chi connectivity index (χ1) is 20.2. The highest BCUT2D eigenvalue weighted by molar-refractivity contribution is 6.19. The minimum Gasteiger partial charge on any atom is -0.477 e. The number of hydrogen-bond acceptors (Lipinski definition) is 8. The molecule has 2 N–H and O–H groups in total. The molecule has 6 rings (SSSR count). The fraction of sp³-hybridized carbons (Fsp3) is 0.452. The van der Waals surface area contributed by atoms with Gasteiger partial charge in [0.05, 0.1) is 35.4 Å². The largest absolute Gasteiger partial charge is 0.477 e. The number of rotatable bonds is 5. The van der Waals surface area contributed by atoms with E-state index in [1.54, 1.807) is 23.0 Å². The second-order valence-electron chi connectivity index (χ2n) is 11.8. The number of benzene rings is 1. The molecule has 0 spiro atoms. The summed E-state index contributed by atoms with van der Waals surface area (Å²) in [4.78, 5) is 39.5. The van der Waals surface area contributed by atoms with Crippen molar-refractivity contribution in [3.63, 3.8) is 0 Å². The molecule has 11 heteroatoms. The molecule has 1 unspecified atom stereocenters. The minimum absolute atomic E-state index is 0.0411. The van der Waals surface area contributed by atoms with Gasteiger partial charge in [-0.15, -0.1) is 0 Å². The van der Waals surface area contributed by atoms with Crippen molar-refractivity contribution >= 4 is 34.8 Å². The van der Waals surface area contributed by atoms with Crippen LogP contribution in [0.2, 0.25) is 0 Å². The maximum atomic E-state index is 13.7. The predicted molar refractivity (Wildman–Crippen MR) is 163 cm³/mol. The average Bonchev–Trinajstić information content (AvgIpc) is 3.65. The quantitative estimate of drug-likeness (QED) is 0.466. The summed E-state index contributed by atoms with van der Waals surface area (Å²) in [6.45, 7) is 3.85. The van der Waals surface area contributed by atoms with E-state index in [0.717, 1.165) is 36.3 Å². The highest BCUT2D eigenvalue weighted by Crippen LogP contribution is 2.43. The van der Waals surface area contributed by atoms with Crippen molar-refractivity contribution in [2.75, 3.05) is 49.3 Å². The lowest BCUT2D eigenvalue weighted by Crippen LogP contribution is -2.36. The summed E-state index contributed by atoms with van der Waals surface area (Å²) < 4.78 is 7.96. The number of hydrogen-bond donors (Lipinski definition) is 2. The van der Waals surface area contributed by atoms with Crippen LogP contribution in [0.4, 0.5) is 17.1 Å². The van der Waals surface area contributed by atoms with E-state index in [0.29, 0.717) is 65.9 Å². The van der Waals surface area contributed by atoms with Gasteiger partial charge in [0.15, 0.2) is 0 Å². The summed E-state index contributed by atoms with van der Waals surface area (Å²) in [7, 11) is 5.75. The van der Waals surface area contributed by atoms with Crippen LogP contribution in [0, 0.1) is 18.8 Å². The van der Waals surface area contributed by atoms with E-state index in [1.807, 2.05) is 51.2 Å². The molecule has 3 aliphatic rings. The van der Waals surface area contributed by atoms with Crippen molar-refractivity contribution in [2.24, 2.45) is 23.9 Å².